The van der Waals surface area contributed by atoms with E-state index in [4.69, 9.17) is 0 Å². The standard InChI is InChI=1S/C11H25N3/c1-11(2,12-3)9-14(5)10-6-7-13(4)8-10/h10,12H,6-9H2,1-5H3. The predicted octanol–water partition coefficient (Wildman–Crippen LogP) is 0.620. The van der Waals surface area contributed by atoms with Gasteiger partial charge in [-0.1, -0.05) is 0 Å². The first-order valence-electron chi connectivity index (χ1n) is 5.52. The molecule has 0 aromatic carbocycles. The van der Waals surface area contributed by atoms with Gasteiger partial charge in [-0.25, -0.2) is 0 Å². The summed E-state index contributed by atoms with van der Waals surface area (Å²) in [6.07, 6.45) is 1.31. The molecule has 0 aromatic rings. The Morgan fingerprint density at radius 1 is 1.50 bits per heavy atom. The third-order valence-electron chi connectivity index (χ3n) is 3.31. The molecular weight excluding hydrogens is 174 g/mol. The molecule has 1 aliphatic heterocycles. The van der Waals surface area contributed by atoms with Gasteiger partial charge in [0.05, 0.1) is 0 Å². The van der Waals surface area contributed by atoms with Crippen LogP contribution in [0.5, 0.6) is 0 Å². The summed E-state index contributed by atoms with van der Waals surface area (Å²) in [5.41, 5.74) is 0.218. The second kappa shape index (κ2) is 4.60. The van der Waals surface area contributed by atoms with Crippen LogP contribution >= 0.6 is 0 Å². The lowest BCUT2D eigenvalue weighted by molar-refractivity contribution is 0.188. The number of nitrogens with zero attached hydrogens (tertiary/aromatic N) is 2. The fraction of sp³-hybridized carbons (Fsp3) is 1.00. The molecule has 14 heavy (non-hydrogen) atoms. The molecule has 0 aliphatic carbocycles. The van der Waals surface area contributed by atoms with Crippen LogP contribution in [0.2, 0.25) is 0 Å². The Labute approximate surface area is 88.5 Å². The van der Waals surface area contributed by atoms with Crippen LogP contribution in [0.25, 0.3) is 0 Å². The first-order valence-corrected chi connectivity index (χ1v) is 5.52. The lowest BCUT2D eigenvalue weighted by Crippen LogP contribution is -2.49. The Bertz CT molecular complexity index is 179. The zero-order chi connectivity index (χ0) is 10.8. The normalized spacial score (nSPS) is 24.9. The average molecular weight is 199 g/mol. The Kier molecular flexibility index (Phi) is 3.93. The smallest absolute Gasteiger partial charge is 0.0249 e. The first-order chi connectivity index (χ1) is 6.44. The highest BCUT2D eigenvalue weighted by Crippen LogP contribution is 2.14. The van der Waals surface area contributed by atoms with Crippen LogP contribution in [0.3, 0.4) is 0 Å². The van der Waals surface area contributed by atoms with E-state index in [0.29, 0.717) is 0 Å². The maximum Gasteiger partial charge on any atom is 0.0249 e. The van der Waals surface area contributed by atoms with Gasteiger partial charge in [-0.05, 0) is 48.0 Å². The van der Waals surface area contributed by atoms with Gasteiger partial charge >= 0.3 is 0 Å². The minimum absolute atomic E-state index is 0.218. The molecule has 1 heterocycles. The van der Waals surface area contributed by atoms with Gasteiger partial charge in [-0.2, -0.15) is 0 Å². The van der Waals surface area contributed by atoms with Crippen molar-refractivity contribution in [3.8, 4) is 0 Å². The zero-order valence-corrected chi connectivity index (χ0v) is 10.3. The van der Waals surface area contributed by atoms with Gasteiger partial charge in [-0.3, -0.25) is 0 Å². The number of hydrogen-bond donors (Lipinski definition) is 1. The third-order valence-corrected chi connectivity index (χ3v) is 3.31. The van der Waals surface area contributed by atoms with Crippen molar-refractivity contribution in [2.24, 2.45) is 0 Å². The molecule has 1 aliphatic rings. The minimum Gasteiger partial charge on any atom is -0.314 e. The fourth-order valence-corrected chi connectivity index (χ4v) is 2.10. The van der Waals surface area contributed by atoms with Crippen molar-refractivity contribution in [3.63, 3.8) is 0 Å². The minimum atomic E-state index is 0.218. The lowest BCUT2D eigenvalue weighted by Gasteiger charge is -2.33. The number of nitrogens with one attached hydrogen (secondary N) is 1. The molecule has 0 radical (unpaired) electrons. The molecular formula is C11H25N3. The Morgan fingerprint density at radius 3 is 2.57 bits per heavy atom. The van der Waals surface area contributed by atoms with Crippen molar-refractivity contribution in [2.45, 2.75) is 31.8 Å². The van der Waals surface area contributed by atoms with Crippen molar-refractivity contribution in [3.05, 3.63) is 0 Å². The molecule has 1 atom stereocenters. The van der Waals surface area contributed by atoms with Gasteiger partial charge < -0.3 is 15.1 Å². The number of likely N-dealkylation sites (tertiary alicyclic amines) is 1. The van der Waals surface area contributed by atoms with Crippen LogP contribution in [0, 0.1) is 0 Å². The van der Waals surface area contributed by atoms with Crippen LogP contribution < -0.4 is 5.32 Å². The van der Waals surface area contributed by atoms with Crippen molar-refractivity contribution >= 4 is 0 Å². The highest BCUT2D eigenvalue weighted by molar-refractivity contribution is 4.86. The van der Waals surface area contributed by atoms with Gasteiger partial charge in [-0.15, -0.1) is 0 Å². The number of hydrogen-bond acceptors (Lipinski definition) is 3. The van der Waals surface area contributed by atoms with E-state index >= 15 is 0 Å². The molecule has 3 heteroatoms. The van der Waals surface area contributed by atoms with Gasteiger partial charge in [0.25, 0.3) is 0 Å². The van der Waals surface area contributed by atoms with Crippen molar-refractivity contribution < 1.29 is 0 Å². The van der Waals surface area contributed by atoms with E-state index in [1.54, 1.807) is 0 Å². The van der Waals surface area contributed by atoms with Crippen molar-refractivity contribution in [2.75, 3.05) is 40.8 Å². The maximum atomic E-state index is 3.35. The molecule has 84 valence electrons. The van der Waals surface area contributed by atoms with E-state index < -0.39 is 0 Å². The van der Waals surface area contributed by atoms with Crippen LogP contribution in [0.1, 0.15) is 20.3 Å². The van der Waals surface area contributed by atoms with Gasteiger partial charge in [0.2, 0.25) is 0 Å². The third kappa shape index (κ3) is 3.23. The average Bonchev–Trinajstić information content (AvgIpc) is 2.51. The molecule has 1 fully saturated rings. The summed E-state index contributed by atoms with van der Waals surface area (Å²) in [6, 6.07) is 0.743. The molecule has 0 amide bonds. The van der Waals surface area contributed by atoms with Crippen molar-refractivity contribution in [1.29, 1.82) is 0 Å². The fourth-order valence-electron chi connectivity index (χ4n) is 2.10. The lowest BCUT2D eigenvalue weighted by atomic mass is 10.0. The van der Waals surface area contributed by atoms with E-state index in [1.807, 2.05) is 7.05 Å². The Morgan fingerprint density at radius 2 is 2.14 bits per heavy atom. The predicted molar refractivity (Wildman–Crippen MR) is 61.7 cm³/mol. The van der Waals surface area contributed by atoms with Crippen LogP contribution in [-0.4, -0.2) is 62.2 Å². The monoisotopic (exact) mass is 199 g/mol. The molecule has 0 spiro atoms. The molecule has 0 bridgehead atoms. The van der Waals surface area contributed by atoms with Crippen LogP contribution in [0.15, 0.2) is 0 Å². The van der Waals surface area contributed by atoms with Gasteiger partial charge in [0, 0.05) is 24.7 Å². The Balaban J connectivity index is 2.38. The first kappa shape index (κ1) is 12.0. The summed E-state index contributed by atoms with van der Waals surface area (Å²) >= 11 is 0. The summed E-state index contributed by atoms with van der Waals surface area (Å²) in [7, 11) is 6.48. The van der Waals surface area contributed by atoms with E-state index in [0.717, 1.165) is 12.6 Å². The number of likely N-dealkylation sites (N-methyl/N-ethyl adjacent to an activating group) is 3. The maximum absolute atomic E-state index is 3.35. The van der Waals surface area contributed by atoms with Gasteiger partial charge in [0.15, 0.2) is 0 Å². The topological polar surface area (TPSA) is 18.5 Å². The molecule has 1 saturated heterocycles. The quantitative estimate of drug-likeness (QED) is 0.716. The molecule has 3 nitrogen and oxygen atoms in total. The molecule has 0 aromatic heterocycles. The molecule has 1 N–H and O–H groups in total. The zero-order valence-electron chi connectivity index (χ0n) is 10.3. The van der Waals surface area contributed by atoms with E-state index in [-0.39, 0.29) is 5.54 Å². The van der Waals surface area contributed by atoms with Gasteiger partial charge in [0.1, 0.15) is 0 Å². The highest BCUT2D eigenvalue weighted by atomic mass is 15.2. The Hall–Kier alpha value is -0.120. The largest absolute Gasteiger partial charge is 0.314 e. The molecule has 1 rings (SSSR count). The van der Waals surface area contributed by atoms with E-state index in [2.05, 4.69) is 43.1 Å². The summed E-state index contributed by atoms with van der Waals surface area (Å²) < 4.78 is 0. The van der Waals surface area contributed by atoms with Crippen LogP contribution in [0.4, 0.5) is 0 Å². The van der Waals surface area contributed by atoms with Crippen LogP contribution in [-0.2, 0) is 0 Å². The molecule has 0 saturated carbocycles. The highest BCUT2D eigenvalue weighted by Gasteiger charge is 2.26. The summed E-state index contributed by atoms with van der Waals surface area (Å²) in [4.78, 5) is 4.90. The summed E-state index contributed by atoms with van der Waals surface area (Å²) in [5.74, 6) is 0. The summed E-state index contributed by atoms with van der Waals surface area (Å²) in [6.45, 7) is 8.08. The second-order valence-corrected chi connectivity index (χ2v) is 5.25. The summed E-state index contributed by atoms with van der Waals surface area (Å²) in [5, 5.41) is 3.35. The van der Waals surface area contributed by atoms with Crippen molar-refractivity contribution in [1.82, 2.24) is 15.1 Å². The molecule has 1 unspecified atom stereocenters. The van der Waals surface area contributed by atoms with E-state index in [1.165, 1.54) is 19.5 Å². The number of rotatable bonds is 4. The SMILES string of the molecule is CNC(C)(C)CN(C)C1CCN(C)C1. The second-order valence-electron chi connectivity index (χ2n) is 5.25. The van der Waals surface area contributed by atoms with E-state index in [9.17, 15) is 0 Å².